The Balaban J connectivity index is 1.90. The molecule has 0 bridgehead atoms. The zero-order valence-corrected chi connectivity index (χ0v) is 13.3. The van der Waals surface area contributed by atoms with Gasteiger partial charge < -0.3 is 9.47 Å². The first kappa shape index (κ1) is 15.1. The fraction of sp³-hybridized carbons (Fsp3) is 0.111. The van der Waals surface area contributed by atoms with Crippen LogP contribution in [0.5, 0.6) is 0 Å². The highest BCUT2D eigenvalue weighted by Gasteiger charge is 2.15. The van der Waals surface area contributed by atoms with Crippen LogP contribution >= 0.6 is 11.6 Å². The third-order valence-electron chi connectivity index (χ3n) is 3.78. The van der Waals surface area contributed by atoms with Crippen LogP contribution in [0.2, 0.25) is 5.02 Å². The summed E-state index contributed by atoms with van der Waals surface area (Å²) in [6.45, 7) is 0.158. The number of fused-ring (bicyclic) bond motifs is 1. The van der Waals surface area contributed by atoms with E-state index in [0.717, 1.165) is 16.6 Å². The van der Waals surface area contributed by atoms with Gasteiger partial charge in [0.15, 0.2) is 0 Å². The zero-order valence-electron chi connectivity index (χ0n) is 12.5. The molecule has 0 spiro atoms. The van der Waals surface area contributed by atoms with Gasteiger partial charge in [-0.3, -0.25) is 4.79 Å². The van der Waals surface area contributed by atoms with E-state index < -0.39 is 0 Å². The van der Waals surface area contributed by atoms with E-state index in [2.05, 4.69) is 6.07 Å². The predicted molar refractivity (Wildman–Crippen MR) is 91.5 cm³/mol. The Hall–Kier alpha value is -2.77. The lowest BCUT2D eigenvalue weighted by atomic mass is 10.2. The van der Waals surface area contributed by atoms with Gasteiger partial charge in [0.1, 0.15) is 12.6 Å². The van der Waals surface area contributed by atoms with Gasteiger partial charge in [0.05, 0.1) is 5.56 Å². The number of carbonyl (C=O) groups excluding carboxylic acids is 1. The molecule has 0 atom stereocenters. The molecule has 1 amide bonds. The van der Waals surface area contributed by atoms with Gasteiger partial charge in [0, 0.05) is 34.9 Å². The van der Waals surface area contributed by atoms with Crippen LogP contribution in [0.3, 0.4) is 0 Å². The number of para-hydroxylation sites is 1. The Labute approximate surface area is 139 Å². The Bertz CT molecular complexity index is 923. The summed E-state index contributed by atoms with van der Waals surface area (Å²) in [6.07, 6.45) is 1.72. The fourth-order valence-corrected chi connectivity index (χ4v) is 2.73. The third-order valence-corrected chi connectivity index (χ3v) is 4.02. The number of nitrogens with zero attached hydrogens (tertiary/aromatic N) is 3. The fourth-order valence-electron chi connectivity index (χ4n) is 2.55. The average molecular weight is 324 g/mol. The van der Waals surface area contributed by atoms with Crippen LogP contribution < -0.4 is 4.90 Å². The first-order valence-corrected chi connectivity index (χ1v) is 7.48. The van der Waals surface area contributed by atoms with Crippen LogP contribution in [-0.2, 0) is 11.3 Å². The van der Waals surface area contributed by atoms with Crippen molar-refractivity contribution in [2.24, 2.45) is 0 Å². The van der Waals surface area contributed by atoms with Crippen LogP contribution in [0, 0.1) is 11.3 Å². The number of halogens is 1. The van der Waals surface area contributed by atoms with Crippen molar-refractivity contribution >= 4 is 34.1 Å². The first-order valence-electron chi connectivity index (χ1n) is 7.10. The van der Waals surface area contributed by atoms with Crippen LogP contribution in [0.25, 0.3) is 10.9 Å². The number of carbonyl (C=O) groups is 1. The second kappa shape index (κ2) is 6.15. The van der Waals surface area contributed by atoms with E-state index in [1.165, 1.54) is 0 Å². The lowest BCUT2D eigenvalue weighted by Gasteiger charge is -2.18. The van der Waals surface area contributed by atoms with Gasteiger partial charge in [-0.1, -0.05) is 35.9 Å². The van der Waals surface area contributed by atoms with Crippen LogP contribution in [0.15, 0.2) is 54.7 Å². The molecule has 0 N–H and O–H groups in total. The molecule has 4 nitrogen and oxygen atoms in total. The van der Waals surface area contributed by atoms with E-state index in [0.29, 0.717) is 10.6 Å². The summed E-state index contributed by atoms with van der Waals surface area (Å²) in [5, 5.41) is 10.7. The molecular weight excluding hydrogens is 310 g/mol. The number of likely N-dealkylation sites (N-methyl/N-ethyl adjacent to an activating group) is 1. The van der Waals surface area contributed by atoms with E-state index in [1.807, 2.05) is 30.3 Å². The van der Waals surface area contributed by atoms with Crippen molar-refractivity contribution in [3.8, 4) is 6.07 Å². The number of anilines is 1. The first-order chi connectivity index (χ1) is 11.1. The van der Waals surface area contributed by atoms with E-state index in [1.54, 1.807) is 40.9 Å². The number of rotatable bonds is 3. The standard InChI is InChI=1S/C18H14ClN3O/c1-21(15-6-4-5-14(19)9-15)18(23)12-22-11-13(10-20)16-7-2-3-8-17(16)22/h2-9,11H,12H2,1H3. The van der Waals surface area contributed by atoms with Gasteiger partial charge in [0.25, 0.3) is 0 Å². The Morgan fingerprint density at radius 3 is 2.78 bits per heavy atom. The molecule has 0 aliphatic heterocycles. The van der Waals surface area contributed by atoms with Gasteiger partial charge in [0.2, 0.25) is 5.91 Å². The largest absolute Gasteiger partial charge is 0.337 e. The van der Waals surface area contributed by atoms with Crippen molar-refractivity contribution in [1.82, 2.24) is 4.57 Å². The van der Waals surface area contributed by atoms with Crippen molar-refractivity contribution in [2.75, 3.05) is 11.9 Å². The normalized spacial score (nSPS) is 10.5. The summed E-state index contributed by atoms with van der Waals surface area (Å²) in [5.74, 6) is -0.0856. The smallest absolute Gasteiger partial charge is 0.246 e. The van der Waals surface area contributed by atoms with Crippen molar-refractivity contribution in [2.45, 2.75) is 6.54 Å². The Morgan fingerprint density at radius 1 is 1.26 bits per heavy atom. The van der Waals surface area contributed by atoms with E-state index in [4.69, 9.17) is 11.6 Å². The molecule has 1 heterocycles. The summed E-state index contributed by atoms with van der Waals surface area (Å²) in [6, 6.07) is 16.9. The molecule has 5 heteroatoms. The highest BCUT2D eigenvalue weighted by Crippen LogP contribution is 2.22. The van der Waals surface area contributed by atoms with Gasteiger partial charge in [-0.05, 0) is 24.3 Å². The topological polar surface area (TPSA) is 49.0 Å². The summed E-state index contributed by atoms with van der Waals surface area (Å²) in [5.41, 5.74) is 2.18. The molecule has 3 aromatic rings. The monoisotopic (exact) mass is 323 g/mol. The van der Waals surface area contributed by atoms with Gasteiger partial charge in [-0.2, -0.15) is 5.26 Å². The highest BCUT2D eigenvalue weighted by molar-refractivity contribution is 6.30. The van der Waals surface area contributed by atoms with E-state index in [-0.39, 0.29) is 12.5 Å². The second-order valence-electron chi connectivity index (χ2n) is 5.23. The molecule has 0 unspecified atom stereocenters. The molecule has 0 aliphatic rings. The zero-order chi connectivity index (χ0) is 16.4. The molecule has 0 aliphatic carbocycles. The number of amides is 1. The number of hydrogen-bond acceptors (Lipinski definition) is 2. The maximum atomic E-state index is 12.5. The third kappa shape index (κ3) is 2.92. The maximum Gasteiger partial charge on any atom is 0.246 e. The SMILES string of the molecule is CN(C(=O)Cn1cc(C#N)c2ccccc21)c1cccc(Cl)c1. The molecule has 0 saturated carbocycles. The molecule has 2 aromatic carbocycles. The molecule has 0 fully saturated rings. The van der Waals surface area contributed by atoms with E-state index in [9.17, 15) is 10.1 Å². The minimum absolute atomic E-state index is 0.0856. The average Bonchev–Trinajstić information content (AvgIpc) is 2.92. The molecule has 3 rings (SSSR count). The minimum atomic E-state index is -0.0856. The van der Waals surface area contributed by atoms with Gasteiger partial charge in [-0.25, -0.2) is 0 Å². The van der Waals surface area contributed by atoms with E-state index >= 15 is 0 Å². The van der Waals surface area contributed by atoms with Crippen molar-refractivity contribution in [1.29, 1.82) is 5.26 Å². The summed E-state index contributed by atoms with van der Waals surface area (Å²) >= 11 is 5.97. The van der Waals surface area contributed by atoms with Crippen LogP contribution in [0.1, 0.15) is 5.56 Å². The number of benzene rings is 2. The van der Waals surface area contributed by atoms with Crippen LogP contribution in [-0.4, -0.2) is 17.5 Å². The van der Waals surface area contributed by atoms with Gasteiger partial charge in [-0.15, -0.1) is 0 Å². The lowest BCUT2D eigenvalue weighted by molar-refractivity contribution is -0.118. The quantitative estimate of drug-likeness (QED) is 0.735. The lowest BCUT2D eigenvalue weighted by Crippen LogP contribution is -2.29. The minimum Gasteiger partial charge on any atom is -0.337 e. The second-order valence-corrected chi connectivity index (χ2v) is 5.67. The Kier molecular flexibility index (Phi) is 4.05. The number of aromatic nitrogens is 1. The predicted octanol–water partition coefficient (Wildman–Crippen LogP) is 3.83. The molecule has 0 radical (unpaired) electrons. The number of nitriles is 1. The molecular formula is C18H14ClN3O. The summed E-state index contributed by atoms with van der Waals surface area (Å²) < 4.78 is 1.80. The highest BCUT2D eigenvalue weighted by atomic mass is 35.5. The van der Waals surface area contributed by atoms with Crippen molar-refractivity contribution < 1.29 is 4.79 Å². The molecule has 114 valence electrons. The Morgan fingerprint density at radius 2 is 2.04 bits per heavy atom. The van der Waals surface area contributed by atoms with Gasteiger partial charge >= 0.3 is 0 Å². The van der Waals surface area contributed by atoms with Crippen molar-refractivity contribution in [3.63, 3.8) is 0 Å². The molecule has 0 saturated heterocycles. The number of hydrogen-bond donors (Lipinski definition) is 0. The molecule has 23 heavy (non-hydrogen) atoms. The molecule has 1 aromatic heterocycles. The van der Waals surface area contributed by atoms with Crippen molar-refractivity contribution in [3.05, 3.63) is 65.3 Å². The van der Waals surface area contributed by atoms with Crippen LogP contribution in [0.4, 0.5) is 5.69 Å². The summed E-state index contributed by atoms with van der Waals surface area (Å²) in [4.78, 5) is 14.1. The summed E-state index contributed by atoms with van der Waals surface area (Å²) in [7, 11) is 1.71. The maximum absolute atomic E-state index is 12.5.